The van der Waals surface area contributed by atoms with Gasteiger partial charge in [-0.3, -0.25) is 4.79 Å². The summed E-state index contributed by atoms with van der Waals surface area (Å²) in [4.78, 5) is 16.5. The predicted molar refractivity (Wildman–Crippen MR) is 105 cm³/mol. The Morgan fingerprint density at radius 1 is 1.04 bits per heavy atom. The van der Waals surface area contributed by atoms with Gasteiger partial charge in [-0.15, -0.1) is 0 Å². The van der Waals surface area contributed by atoms with Crippen LogP contribution in [0.2, 0.25) is 0 Å². The van der Waals surface area contributed by atoms with Crippen molar-refractivity contribution in [2.75, 3.05) is 32.2 Å². The molecule has 0 fully saturated rings. The molecule has 2 aliphatic heterocycles. The van der Waals surface area contributed by atoms with Gasteiger partial charge in [0, 0.05) is 24.2 Å². The van der Waals surface area contributed by atoms with Crippen molar-refractivity contribution >= 4 is 11.6 Å². The number of amides is 1. The van der Waals surface area contributed by atoms with Crippen molar-refractivity contribution in [1.29, 1.82) is 0 Å². The first-order valence-corrected chi connectivity index (χ1v) is 9.60. The Morgan fingerprint density at radius 3 is 2.48 bits per heavy atom. The molecule has 2 aromatic rings. The standard InChI is InChI=1S/C22H26N2O3/c1-15(22(25)24-11-9-16-6-4-5-7-19(16)24)23-10-8-17-12-20(26-2)21(27-3)13-18(17)14-23/h4-7,12-13,15H,8-11,14H2,1-3H3/p+1/t15-/m1/s1. The summed E-state index contributed by atoms with van der Waals surface area (Å²) in [5, 5.41) is 0. The molecule has 5 nitrogen and oxygen atoms in total. The van der Waals surface area contributed by atoms with Crippen LogP contribution in [-0.4, -0.2) is 39.3 Å². The van der Waals surface area contributed by atoms with E-state index in [1.165, 1.54) is 21.6 Å². The van der Waals surface area contributed by atoms with Crippen molar-refractivity contribution in [2.24, 2.45) is 0 Å². The van der Waals surface area contributed by atoms with Crippen LogP contribution in [0.1, 0.15) is 23.6 Å². The van der Waals surface area contributed by atoms with E-state index in [2.05, 4.69) is 31.2 Å². The second-order valence-corrected chi connectivity index (χ2v) is 7.40. The van der Waals surface area contributed by atoms with Crippen LogP contribution >= 0.6 is 0 Å². The second kappa shape index (κ2) is 7.24. The average molecular weight is 367 g/mol. The molecule has 2 heterocycles. The summed E-state index contributed by atoms with van der Waals surface area (Å²) >= 11 is 0. The molecule has 4 rings (SSSR count). The summed E-state index contributed by atoms with van der Waals surface area (Å²) in [6.45, 7) is 4.63. The molecular formula is C22H27N2O3+. The first-order valence-electron chi connectivity index (χ1n) is 9.60. The minimum absolute atomic E-state index is 0.0718. The van der Waals surface area contributed by atoms with Crippen molar-refractivity contribution in [3.05, 3.63) is 53.1 Å². The molecule has 5 heteroatoms. The molecular weight excluding hydrogens is 340 g/mol. The minimum Gasteiger partial charge on any atom is -0.493 e. The van der Waals surface area contributed by atoms with E-state index in [1.807, 2.05) is 17.0 Å². The van der Waals surface area contributed by atoms with Crippen LogP contribution in [0.25, 0.3) is 0 Å². The number of hydrogen-bond acceptors (Lipinski definition) is 3. The fraction of sp³-hybridized carbons (Fsp3) is 0.409. The molecule has 0 spiro atoms. The first-order chi connectivity index (χ1) is 13.1. The first kappa shape index (κ1) is 17.9. The summed E-state index contributed by atoms with van der Waals surface area (Å²) in [7, 11) is 3.33. The minimum atomic E-state index is -0.0718. The van der Waals surface area contributed by atoms with Crippen LogP contribution in [0.5, 0.6) is 11.5 Å². The number of rotatable bonds is 4. The SMILES string of the molecule is COc1cc2c(cc1OC)C[NH+]([C@H](C)C(=O)N1CCc3ccccc31)CC2. The Balaban J connectivity index is 1.53. The molecule has 2 atom stereocenters. The lowest BCUT2D eigenvalue weighted by Crippen LogP contribution is -3.16. The molecule has 1 unspecified atom stereocenters. The van der Waals surface area contributed by atoms with E-state index in [0.717, 1.165) is 49.7 Å². The van der Waals surface area contributed by atoms with Crippen LogP contribution in [0.15, 0.2) is 36.4 Å². The van der Waals surface area contributed by atoms with E-state index in [0.29, 0.717) is 0 Å². The quantitative estimate of drug-likeness (QED) is 0.893. The van der Waals surface area contributed by atoms with Crippen molar-refractivity contribution in [3.63, 3.8) is 0 Å². The molecule has 0 bridgehead atoms. The number of methoxy groups -OCH3 is 2. The van der Waals surface area contributed by atoms with Gasteiger partial charge in [0.15, 0.2) is 17.5 Å². The van der Waals surface area contributed by atoms with Gasteiger partial charge in [-0.2, -0.15) is 0 Å². The van der Waals surface area contributed by atoms with Crippen LogP contribution in [0.4, 0.5) is 5.69 Å². The Morgan fingerprint density at radius 2 is 1.74 bits per heavy atom. The van der Waals surface area contributed by atoms with Gasteiger partial charge in [-0.05, 0) is 42.7 Å². The number of carbonyl (C=O) groups excluding carboxylic acids is 1. The summed E-state index contributed by atoms with van der Waals surface area (Å²) in [5.74, 6) is 1.75. The molecule has 0 saturated carbocycles. The number of anilines is 1. The van der Waals surface area contributed by atoms with Crippen LogP contribution < -0.4 is 19.3 Å². The molecule has 2 aliphatic rings. The van der Waals surface area contributed by atoms with Crippen molar-refractivity contribution in [1.82, 2.24) is 0 Å². The molecule has 1 amide bonds. The van der Waals surface area contributed by atoms with Crippen LogP contribution in [-0.2, 0) is 24.2 Å². The smallest absolute Gasteiger partial charge is 0.284 e. The zero-order valence-electron chi connectivity index (χ0n) is 16.2. The highest BCUT2D eigenvalue weighted by Gasteiger charge is 2.35. The van der Waals surface area contributed by atoms with Gasteiger partial charge in [0.2, 0.25) is 0 Å². The summed E-state index contributed by atoms with van der Waals surface area (Å²) in [5.41, 5.74) is 4.89. The van der Waals surface area contributed by atoms with Crippen LogP contribution in [0, 0.1) is 0 Å². The molecule has 0 radical (unpaired) electrons. The Labute approximate surface area is 160 Å². The normalized spacial score (nSPS) is 19.2. The number of ether oxygens (including phenoxy) is 2. The second-order valence-electron chi connectivity index (χ2n) is 7.40. The van der Waals surface area contributed by atoms with E-state index < -0.39 is 0 Å². The van der Waals surface area contributed by atoms with Gasteiger partial charge < -0.3 is 19.3 Å². The summed E-state index contributed by atoms with van der Waals surface area (Å²) in [6, 6.07) is 12.3. The number of benzene rings is 2. The molecule has 1 N–H and O–H groups in total. The number of para-hydroxylation sites is 1. The molecule has 0 saturated heterocycles. The van der Waals surface area contributed by atoms with E-state index in [1.54, 1.807) is 14.2 Å². The maximum absolute atomic E-state index is 13.2. The maximum Gasteiger partial charge on any atom is 0.284 e. The molecule has 142 valence electrons. The van der Waals surface area contributed by atoms with E-state index in [4.69, 9.17) is 9.47 Å². The van der Waals surface area contributed by atoms with Gasteiger partial charge >= 0.3 is 0 Å². The van der Waals surface area contributed by atoms with Gasteiger partial charge in [0.1, 0.15) is 6.54 Å². The monoisotopic (exact) mass is 367 g/mol. The number of fused-ring (bicyclic) bond motifs is 2. The zero-order chi connectivity index (χ0) is 19.0. The van der Waals surface area contributed by atoms with Gasteiger partial charge in [-0.1, -0.05) is 18.2 Å². The fourth-order valence-electron chi connectivity index (χ4n) is 4.33. The summed E-state index contributed by atoms with van der Waals surface area (Å²) in [6.07, 6.45) is 1.89. The van der Waals surface area contributed by atoms with Crippen LogP contribution in [0.3, 0.4) is 0 Å². The van der Waals surface area contributed by atoms with E-state index >= 15 is 0 Å². The van der Waals surface area contributed by atoms with Crippen molar-refractivity contribution in [2.45, 2.75) is 32.4 Å². The highest BCUT2D eigenvalue weighted by molar-refractivity contribution is 5.97. The highest BCUT2D eigenvalue weighted by Crippen LogP contribution is 2.31. The maximum atomic E-state index is 13.2. The molecule has 2 aromatic carbocycles. The number of hydrogen-bond donors (Lipinski definition) is 1. The largest absolute Gasteiger partial charge is 0.493 e. The lowest BCUT2D eigenvalue weighted by Gasteiger charge is -2.32. The third kappa shape index (κ3) is 3.16. The number of nitrogens with zero attached hydrogens (tertiary/aromatic N) is 1. The third-order valence-electron chi connectivity index (χ3n) is 5.97. The zero-order valence-corrected chi connectivity index (χ0v) is 16.2. The molecule has 0 aromatic heterocycles. The fourth-order valence-corrected chi connectivity index (χ4v) is 4.33. The van der Waals surface area contributed by atoms with Gasteiger partial charge in [0.05, 0.1) is 20.8 Å². The lowest BCUT2D eigenvalue weighted by atomic mass is 9.97. The topological polar surface area (TPSA) is 43.2 Å². The Kier molecular flexibility index (Phi) is 4.79. The number of carbonyl (C=O) groups is 1. The predicted octanol–water partition coefficient (Wildman–Crippen LogP) is 1.62. The molecule has 27 heavy (non-hydrogen) atoms. The third-order valence-corrected chi connectivity index (χ3v) is 5.97. The van der Waals surface area contributed by atoms with E-state index in [9.17, 15) is 4.79 Å². The lowest BCUT2D eigenvalue weighted by molar-refractivity contribution is -0.929. The number of nitrogens with one attached hydrogen (secondary N) is 1. The Bertz CT molecular complexity index is 865. The summed E-state index contributed by atoms with van der Waals surface area (Å²) < 4.78 is 10.9. The average Bonchev–Trinajstić information content (AvgIpc) is 3.15. The Hall–Kier alpha value is -2.53. The number of quaternary nitrogens is 1. The van der Waals surface area contributed by atoms with Gasteiger partial charge in [0.25, 0.3) is 5.91 Å². The van der Waals surface area contributed by atoms with Gasteiger partial charge in [-0.25, -0.2) is 0 Å². The molecule has 0 aliphatic carbocycles. The van der Waals surface area contributed by atoms with E-state index in [-0.39, 0.29) is 11.9 Å². The van der Waals surface area contributed by atoms with Crippen molar-refractivity contribution < 1.29 is 19.2 Å². The van der Waals surface area contributed by atoms with Crippen molar-refractivity contribution in [3.8, 4) is 11.5 Å². The highest BCUT2D eigenvalue weighted by atomic mass is 16.5.